The lowest BCUT2D eigenvalue weighted by Crippen LogP contribution is -2.12. The van der Waals surface area contributed by atoms with Crippen LogP contribution in [0.5, 0.6) is 11.5 Å². The third-order valence-electron chi connectivity index (χ3n) is 2.87. The van der Waals surface area contributed by atoms with Gasteiger partial charge >= 0.3 is 0 Å². The summed E-state index contributed by atoms with van der Waals surface area (Å²) < 4.78 is 15.5. The SMILES string of the molecule is COc1ccc(CC(N)c2ccoc2)cc1OC. The molecule has 4 heteroatoms. The van der Waals surface area contributed by atoms with Gasteiger partial charge < -0.3 is 19.6 Å². The summed E-state index contributed by atoms with van der Waals surface area (Å²) in [5.74, 6) is 1.44. The zero-order chi connectivity index (χ0) is 13.0. The molecule has 0 fully saturated rings. The highest BCUT2D eigenvalue weighted by Gasteiger charge is 2.10. The average Bonchev–Trinajstić information content (AvgIpc) is 2.92. The molecule has 4 nitrogen and oxygen atoms in total. The number of ether oxygens (including phenoxy) is 2. The van der Waals surface area contributed by atoms with Crippen molar-refractivity contribution in [2.45, 2.75) is 12.5 Å². The van der Waals surface area contributed by atoms with Crippen LogP contribution in [-0.4, -0.2) is 14.2 Å². The van der Waals surface area contributed by atoms with Crippen molar-refractivity contribution in [3.05, 3.63) is 47.9 Å². The predicted octanol–water partition coefficient (Wildman–Crippen LogP) is 2.54. The second kappa shape index (κ2) is 5.60. The van der Waals surface area contributed by atoms with Crippen molar-refractivity contribution in [1.29, 1.82) is 0 Å². The van der Waals surface area contributed by atoms with E-state index in [0.29, 0.717) is 0 Å². The molecule has 0 amide bonds. The summed E-state index contributed by atoms with van der Waals surface area (Å²) in [6, 6.07) is 7.61. The first-order chi connectivity index (χ1) is 8.74. The smallest absolute Gasteiger partial charge is 0.160 e. The Morgan fingerprint density at radius 1 is 1.17 bits per heavy atom. The van der Waals surface area contributed by atoms with E-state index in [9.17, 15) is 0 Å². The third kappa shape index (κ3) is 2.65. The molecule has 2 rings (SSSR count). The van der Waals surface area contributed by atoms with E-state index in [1.54, 1.807) is 26.7 Å². The number of furan rings is 1. The van der Waals surface area contributed by atoms with Crippen molar-refractivity contribution in [2.24, 2.45) is 5.73 Å². The Hall–Kier alpha value is -1.94. The van der Waals surface area contributed by atoms with Crippen molar-refractivity contribution in [1.82, 2.24) is 0 Å². The molecule has 1 aromatic heterocycles. The molecular weight excluding hydrogens is 230 g/mol. The van der Waals surface area contributed by atoms with Crippen LogP contribution < -0.4 is 15.2 Å². The summed E-state index contributed by atoms with van der Waals surface area (Å²) >= 11 is 0. The number of nitrogens with two attached hydrogens (primary N) is 1. The Morgan fingerprint density at radius 3 is 2.56 bits per heavy atom. The number of benzene rings is 1. The molecule has 0 aliphatic heterocycles. The first-order valence-corrected chi connectivity index (χ1v) is 5.73. The number of methoxy groups -OCH3 is 2. The maximum Gasteiger partial charge on any atom is 0.160 e. The molecule has 0 aliphatic carbocycles. The van der Waals surface area contributed by atoms with E-state index in [4.69, 9.17) is 19.6 Å². The lowest BCUT2D eigenvalue weighted by molar-refractivity contribution is 0.354. The third-order valence-corrected chi connectivity index (χ3v) is 2.87. The fraction of sp³-hybridized carbons (Fsp3) is 0.286. The molecule has 0 saturated carbocycles. The summed E-state index contributed by atoms with van der Waals surface area (Å²) in [6.45, 7) is 0. The molecule has 1 atom stereocenters. The van der Waals surface area contributed by atoms with Gasteiger partial charge in [0.2, 0.25) is 0 Å². The van der Waals surface area contributed by atoms with Gasteiger partial charge in [-0.2, -0.15) is 0 Å². The first-order valence-electron chi connectivity index (χ1n) is 5.73. The van der Waals surface area contributed by atoms with E-state index in [0.717, 1.165) is 29.0 Å². The highest BCUT2D eigenvalue weighted by Crippen LogP contribution is 2.29. The Labute approximate surface area is 106 Å². The van der Waals surface area contributed by atoms with Gasteiger partial charge in [0.15, 0.2) is 11.5 Å². The van der Waals surface area contributed by atoms with Crippen LogP contribution in [0.15, 0.2) is 41.2 Å². The zero-order valence-electron chi connectivity index (χ0n) is 10.6. The van der Waals surface area contributed by atoms with E-state index in [1.165, 1.54) is 0 Å². The fourth-order valence-corrected chi connectivity index (χ4v) is 1.87. The largest absolute Gasteiger partial charge is 0.493 e. The molecule has 1 heterocycles. The van der Waals surface area contributed by atoms with Crippen LogP contribution in [0.1, 0.15) is 17.2 Å². The van der Waals surface area contributed by atoms with Gasteiger partial charge in [0.05, 0.1) is 26.7 Å². The molecule has 0 bridgehead atoms. The molecule has 0 radical (unpaired) electrons. The van der Waals surface area contributed by atoms with Crippen LogP contribution in [0, 0.1) is 0 Å². The van der Waals surface area contributed by atoms with Crippen molar-refractivity contribution < 1.29 is 13.9 Å². The van der Waals surface area contributed by atoms with E-state index in [-0.39, 0.29) is 6.04 Å². The molecular formula is C14H17NO3. The Morgan fingerprint density at radius 2 is 1.94 bits per heavy atom. The minimum Gasteiger partial charge on any atom is -0.493 e. The number of rotatable bonds is 5. The lowest BCUT2D eigenvalue weighted by atomic mass is 10.0. The van der Waals surface area contributed by atoms with Crippen molar-refractivity contribution >= 4 is 0 Å². The maximum atomic E-state index is 6.10. The predicted molar refractivity (Wildman–Crippen MR) is 68.9 cm³/mol. The van der Waals surface area contributed by atoms with E-state index < -0.39 is 0 Å². The van der Waals surface area contributed by atoms with E-state index in [2.05, 4.69) is 0 Å². The summed E-state index contributed by atoms with van der Waals surface area (Å²) in [5, 5.41) is 0. The van der Waals surface area contributed by atoms with Crippen LogP contribution in [0.4, 0.5) is 0 Å². The Balaban J connectivity index is 2.14. The van der Waals surface area contributed by atoms with Gasteiger partial charge in [-0.3, -0.25) is 0 Å². The fourth-order valence-electron chi connectivity index (χ4n) is 1.87. The van der Waals surface area contributed by atoms with Crippen molar-refractivity contribution in [3.63, 3.8) is 0 Å². The standard InChI is InChI=1S/C14H17NO3/c1-16-13-4-3-10(8-14(13)17-2)7-12(15)11-5-6-18-9-11/h3-6,8-9,12H,7,15H2,1-2H3. The Kier molecular flexibility index (Phi) is 3.89. The minimum absolute atomic E-state index is 0.0816. The van der Waals surface area contributed by atoms with Crippen molar-refractivity contribution in [3.8, 4) is 11.5 Å². The molecule has 0 aliphatic rings. The second-order valence-corrected chi connectivity index (χ2v) is 4.06. The van der Waals surface area contributed by atoms with Crippen molar-refractivity contribution in [2.75, 3.05) is 14.2 Å². The van der Waals surface area contributed by atoms with E-state index >= 15 is 0 Å². The zero-order valence-corrected chi connectivity index (χ0v) is 10.6. The van der Waals surface area contributed by atoms with Gasteiger partial charge in [0.25, 0.3) is 0 Å². The first kappa shape index (κ1) is 12.5. The highest BCUT2D eigenvalue weighted by molar-refractivity contribution is 5.43. The number of hydrogen-bond donors (Lipinski definition) is 1. The number of hydrogen-bond acceptors (Lipinski definition) is 4. The Bertz CT molecular complexity index is 494. The summed E-state index contributed by atoms with van der Waals surface area (Å²) in [7, 11) is 3.24. The summed E-state index contributed by atoms with van der Waals surface area (Å²) in [4.78, 5) is 0. The minimum atomic E-state index is -0.0816. The molecule has 18 heavy (non-hydrogen) atoms. The van der Waals surface area contributed by atoms with Crippen LogP contribution >= 0.6 is 0 Å². The van der Waals surface area contributed by atoms with Gasteiger partial charge in [-0.05, 0) is 30.2 Å². The quantitative estimate of drug-likeness (QED) is 0.882. The van der Waals surface area contributed by atoms with Crippen LogP contribution in [0.2, 0.25) is 0 Å². The second-order valence-electron chi connectivity index (χ2n) is 4.06. The van der Waals surface area contributed by atoms with Gasteiger partial charge in [-0.15, -0.1) is 0 Å². The normalized spacial score (nSPS) is 12.2. The monoisotopic (exact) mass is 247 g/mol. The topological polar surface area (TPSA) is 57.6 Å². The van der Waals surface area contributed by atoms with Gasteiger partial charge in [0, 0.05) is 11.6 Å². The van der Waals surface area contributed by atoms with Gasteiger partial charge in [0.1, 0.15) is 0 Å². The molecule has 2 aromatic rings. The molecule has 2 N–H and O–H groups in total. The van der Waals surface area contributed by atoms with Gasteiger partial charge in [-0.25, -0.2) is 0 Å². The molecule has 1 unspecified atom stereocenters. The average molecular weight is 247 g/mol. The molecule has 0 saturated heterocycles. The summed E-state index contributed by atoms with van der Waals surface area (Å²) in [5.41, 5.74) is 8.19. The molecule has 0 spiro atoms. The van der Waals surface area contributed by atoms with E-state index in [1.807, 2.05) is 24.3 Å². The summed E-state index contributed by atoms with van der Waals surface area (Å²) in [6.07, 6.45) is 4.02. The molecule has 96 valence electrons. The van der Waals surface area contributed by atoms with Crippen LogP contribution in [-0.2, 0) is 6.42 Å². The van der Waals surface area contributed by atoms with Crippen LogP contribution in [0.25, 0.3) is 0 Å². The lowest BCUT2D eigenvalue weighted by Gasteiger charge is -2.12. The highest BCUT2D eigenvalue weighted by atomic mass is 16.5. The van der Waals surface area contributed by atoms with Gasteiger partial charge in [-0.1, -0.05) is 6.07 Å². The maximum absolute atomic E-state index is 6.10. The van der Waals surface area contributed by atoms with Crippen LogP contribution in [0.3, 0.4) is 0 Å². The molecule has 1 aromatic carbocycles.